The molecule has 5 nitrogen and oxygen atoms in total. The first kappa shape index (κ1) is 25.2. The summed E-state index contributed by atoms with van der Waals surface area (Å²) in [5, 5.41) is 21.1. The van der Waals surface area contributed by atoms with E-state index >= 15 is 0 Å². The number of hydrogen-bond acceptors (Lipinski definition) is 4. The van der Waals surface area contributed by atoms with Crippen LogP contribution in [0.2, 0.25) is 0 Å². The molecule has 2 aromatic rings. The normalized spacial score (nSPS) is 17.9. The molecular formula is C29H38FN3O2. The van der Waals surface area contributed by atoms with Crippen molar-refractivity contribution >= 4 is 17.3 Å². The number of carbonyl (C=O) groups is 1. The first-order chi connectivity index (χ1) is 16.5. The van der Waals surface area contributed by atoms with Gasteiger partial charge >= 0.3 is 0 Å². The molecule has 2 aromatic carbocycles. The zero-order chi connectivity index (χ0) is 25.2. The number of anilines is 1. The maximum Gasteiger partial charge on any atom is 0.217 e. The molecule has 188 valence electrons. The highest BCUT2D eigenvalue weighted by Crippen LogP contribution is 2.43. The Kier molecular flexibility index (Phi) is 7.22. The van der Waals surface area contributed by atoms with E-state index in [0.29, 0.717) is 6.42 Å². The van der Waals surface area contributed by atoms with E-state index in [2.05, 4.69) is 61.0 Å². The molecule has 1 heterocycles. The molecule has 0 bridgehead atoms. The van der Waals surface area contributed by atoms with Gasteiger partial charge < -0.3 is 21.1 Å². The van der Waals surface area contributed by atoms with E-state index in [1.54, 1.807) is 12.1 Å². The Labute approximate surface area is 208 Å². The molecule has 1 aliphatic heterocycles. The van der Waals surface area contributed by atoms with Crippen LogP contribution in [0.15, 0.2) is 48.5 Å². The van der Waals surface area contributed by atoms with Crippen LogP contribution in [0.3, 0.4) is 0 Å². The Morgan fingerprint density at radius 3 is 2.57 bits per heavy atom. The predicted octanol–water partition coefficient (Wildman–Crippen LogP) is 4.80. The standard InChI is InChI=1S/C29H38FN3O2/c1-19(34)32-25(15-20-7-5-8-22(30)13-20)27(35)18-31-26-17-29(11-6-12-29)33-24-10-9-21(14-23(24)26)16-28(2,3)4/h5,7-10,13-14,17,25,27,31,33,35H,6,11-12,15-16,18H2,1-4H3,(H,32,34)/t25-,27+/m0/s1. The average Bonchev–Trinajstić information content (AvgIpc) is 2.74. The van der Waals surface area contributed by atoms with Gasteiger partial charge in [0, 0.05) is 30.4 Å². The number of amides is 1. The highest BCUT2D eigenvalue weighted by molar-refractivity contribution is 5.81. The van der Waals surface area contributed by atoms with Gasteiger partial charge in [-0.2, -0.15) is 0 Å². The number of fused-ring (bicyclic) bond motifs is 1. The van der Waals surface area contributed by atoms with Gasteiger partial charge in [0.05, 0.1) is 17.7 Å². The molecule has 0 aromatic heterocycles. The lowest BCUT2D eigenvalue weighted by atomic mass is 9.73. The summed E-state index contributed by atoms with van der Waals surface area (Å²) >= 11 is 0. The molecular weight excluding hydrogens is 441 g/mol. The Balaban J connectivity index is 1.53. The Morgan fingerprint density at radius 1 is 1.17 bits per heavy atom. The second kappa shape index (κ2) is 10.0. The fraction of sp³-hybridized carbons (Fsp3) is 0.483. The van der Waals surface area contributed by atoms with E-state index < -0.39 is 12.1 Å². The van der Waals surface area contributed by atoms with Gasteiger partial charge in [-0.1, -0.05) is 39.0 Å². The molecule has 1 spiro atoms. The van der Waals surface area contributed by atoms with Gasteiger partial charge in [-0.15, -0.1) is 0 Å². The molecule has 1 saturated carbocycles. The predicted molar refractivity (Wildman–Crippen MR) is 140 cm³/mol. The van der Waals surface area contributed by atoms with Gasteiger partial charge in [-0.05, 0) is 79.0 Å². The fourth-order valence-electron chi connectivity index (χ4n) is 5.10. The minimum Gasteiger partial charge on any atom is -0.389 e. The lowest BCUT2D eigenvalue weighted by Gasteiger charge is -2.45. The van der Waals surface area contributed by atoms with E-state index in [9.17, 15) is 14.3 Å². The highest BCUT2D eigenvalue weighted by Gasteiger charge is 2.39. The van der Waals surface area contributed by atoms with Crippen LogP contribution in [0.5, 0.6) is 0 Å². The van der Waals surface area contributed by atoms with Crippen molar-refractivity contribution in [1.29, 1.82) is 0 Å². The number of benzene rings is 2. The van der Waals surface area contributed by atoms with Crippen LogP contribution in [0.4, 0.5) is 10.1 Å². The molecule has 4 N–H and O–H groups in total. The van der Waals surface area contributed by atoms with Crippen molar-refractivity contribution in [2.24, 2.45) is 5.41 Å². The molecule has 2 aliphatic rings. The number of halogens is 1. The molecule has 1 fully saturated rings. The van der Waals surface area contributed by atoms with Crippen molar-refractivity contribution in [2.45, 2.75) is 77.5 Å². The van der Waals surface area contributed by atoms with E-state index in [1.165, 1.54) is 31.0 Å². The highest BCUT2D eigenvalue weighted by atomic mass is 19.1. The SMILES string of the molecule is CC(=O)N[C@@H](Cc1cccc(F)c1)[C@H](O)CNC1=CC2(CCC2)Nc2ccc(CC(C)(C)C)cc21. The Morgan fingerprint density at radius 2 is 1.94 bits per heavy atom. The zero-order valence-electron chi connectivity index (χ0n) is 21.2. The van der Waals surface area contributed by atoms with Gasteiger partial charge in [0.15, 0.2) is 0 Å². The van der Waals surface area contributed by atoms with Gasteiger partial charge in [-0.25, -0.2) is 4.39 Å². The third-order valence-electron chi connectivity index (χ3n) is 6.86. The van der Waals surface area contributed by atoms with Crippen molar-refractivity contribution in [3.63, 3.8) is 0 Å². The van der Waals surface area contributed by atoms with Crippen molar-refractivity contribution in [1.82, 2.24) is 10.6 Å². The third kappa shape index (κ3) is 6.43. The largest absolute Gasteiger partial charge is 0.389 e. The molecule has 4 rings (SSSR count). The summed E-state index contributed by atoms with van der Waals surface area (Å²) in [7, 11) is 0. The summed E-state index contributed by atoms with van der Waals surface area (Å²) in [6.45, 7) is 8.41. The summed E-state index contributed by atoms with van der Waals surface area (Å²) in [5.74, 6) is -0.554. The number of rotatable bonds is 8. The smallest absolute Gasteiger partial charge is 0.217 e. The molecule has 6 heteroatoms. The van der Waals surface area contributed by atoms with Crippen LogP contribution < -0.4 is 16.0 Å². The number of aliphatic hydroxyl groups excluding tert-OH is 1. The molecule has 1 aliphatic carbocycles. The van der Waals surface area contributed by atoms with Crippen LogP contribution in [0.1, 0.15) is 63.6 Å². The molecule has 0 unspecified atom stereocenters. The van der Waals surface area contributed by atoms with Crippen molar-refractivity contribution in [3.05, 3.63) is 71.0 Å². The minimum absolute atomic E-state index is 0.0373. The van der Waals surface area contributed by atoms with Crippen LogP contribution in [-0.4, -0.2) is 35.2 Å². The van der Waals surface area contributed by atoms with E-state index in [-0.39, 0.29) is 29.2 Å². The second-order valence-corrected chi connectivity index (χ2v) is 11.4. The van der Waals surface area contributed by atoms with E-state index in [1.807, 2.05) is 0 Å². The summed E-state index contributed by atoms with van der Waals surface area (Å²) in [4.78, 5) is 11.8. The van der Waals surface area contributed by atoms with Crippen molar-refractivity contribution < 1.29 is 14.3 Å². The van der Waals surface area contributed by atoms with Crippen LogP contribution >= 0.6 is 0 Å². The van der Waals surface area contributed by atoms with Crippen LogP contribution in [0, 0.1) is 11.2 Å². The first-order valence-corrected chi connectivity index (χ1v) is 12.6. The van der Waals surface area contributed by atoms with Gasteiger partial charge in [-0.3, -0.25) is 4.79 Å². The molecule has 0 radical (unpaired) electrons. The number of hydrogen-bond donors (Lipinski definition) is 4. The molecule has 1 amide bonds. The Bertz CT molecular complexity index is 1100. The van der Waals surface area contributed by atoms with Crippen LogP contribution in [-0.2, 0) is 17.6 Å². The quantitative estimate of drug-likeness (QED) is 0.439. The maximum absolute atomic E-state index is 13.7. The summed E-state index contributed by atoms with van der Waals surface area (Å²) < 4.78 is 13.7. The monoisotopic (exact) mass is 479 g/mol. The number of carbonyl (C=O) groups excluding carboxylic acids is 1. The lowest BCUT2D eigenvalue weighted by molar-refractivity contribution is -0.120. The molecule has 35 heavy (non-hydrogen) atoms. The van der Waals surface area contributed by atoms with Crippen molar-refractivity contribution in [3.8, 4) is 0 Å². The van der Waals surface area contributed by atoms with Crippen molar-refractivity contribution in [2.75, 3.05) is 11.9 Å². The Hall–Kier alpha value is -2.86. The first-order valence-electron chi connectivity index (χ1n) is 12.6. The van der Waals surface area contributed by atoms with Gasteiger partial charge in [0.2, 0.25) is 5.91 Å². The molecule has 0 saturated heterocycles. The van der Waals surface area contributed by atoms with Crippen LogP contribution in [0.25, 0.3) is 5.70 Å². The van der Waals surface area contributed by atoms with E-state index in [4.69, 9.17) is 0 Å². The average molecular weight is 480 g/mol. The summed E-state index contributed by atoms with van der Waals surface area (Å²) in [5.41, 5.74) is 5.39. The van der Waals surface area contributed by atoms with E-state index in [0.717, 1.165) is 41.8 Å². The number of aliphatic hydroxyl groups is 1. The topological polar surface area (TPSA) is 73.4 Å². The summed E-state index contributed by atoms with van der Waals surface area (Å²) in [6, 6.07) is 12.4. The lowest BCUT2D eigenvalue weighted by Crippen LogP contribution is -2.49. The number of nitrogens with one attached hydrogen (secondary N) is 3. The maximum atomic E-state index is 13.7. The molecule has 2 atom stereocenters. The summed E-state index contributed by atoms with van der Waals surface area (Å²) in [6.07, 6.45) is 6.09. The zero-order valence-corrected chi connectivity index (χ0v) is 21.2. The van der Waals surface area contributed by atoms with Gasteiger partial charge in [0.25, 0.3) is 0 Å². The fourth-order valence-corrected chi connectivity index (χ4v) is 5.10. The second-order valence-electron chi connectivity index (χ2n) is 11.4. The minimum atomic E-state index is -0.850. The van der Waals surface area contributed by atoms with Gasteiger partial charge in [0.1, 0.15) is 5.82 Å². The third-order valence-corrected chi connectivity index (χ3v) is 6.86.